The number of nitrogens with one attached hydrogen (secondary N) is 3. The molecule has 8 nitrogen and oxygen atoms in total. The maximum Gasteiger partial charge on any atom is 0.277 e. The van der Waals surface area contributed by atoms with Crippen LogP contribution in [0.25, 0.3) is 0 Å². The van der Waals surface area contributed by atoms with E-state index >= 15 is 0 Å². The fourth-order valence-corrected chi connectivity index (χ4v) is 2.16. The molecule has 1 atom stereocenters. The van der Waals surface area contributed by atoms with E-state index in [0.717, 1.165) is 0 Å². The number of hydrogen-bond acceptors (Lipinski definition) is 5. The minimum absolute atomic E-state index is 0.247. The van der Waals surface area contributed by atoms with Crippen LogP contribution in [0.5, 0.6) is 0 Å². The molecule has 16 heavy (non-hydrogen) atoms. The second-order valence-electron chi connectivity index (χ2n) is 3.86. The van der Waals surface area contributed by atoms with Crippen molar-refractivity contribution < 1.29 is 8.42 Å². The van der Waals surface area contributed by atoms with Crippen LogP contribution < -0.4 is 9.44 Å². The smallest absolute Gasteiger partial charge is 0.202 e. The quantitative estimate of drug-likeness (QED) is 0.618. The van der Waals surface area contributed by atoms with Gasteiger partial charge in [-0.05, 0) is 12.8 Å². The first-order valence-electron chi connectivity index (χ1n) is 4.91. The molecule has 0 aliphatic carbocycles. The van der Waals surface area contributed by atoms with Gasteiger partial charge in [-0.2, -0.15) is 18.4 Å². The molecule has 0 radical (unpaired) electrons. The molecule has 0 fully saturated rings. The molecule has 0 aliphatic heterocycles. The van der Waals surface area contributed by atoms with E-state index in [1.807, 2.05) is 13.8 Å². The average molecular weight is 248 g/mol. The summed E-state index contributed by atoms with van der Waals surface area (Å²) in [6.07, 6.45) is 0. The minimum atomic E-state index is -3.52. The molecule has 0 saturated heterocycles. The average Bonchev–Trinajstić information content (AvgIpc) is 2.67. The van der Waals surface area contributed by atoms with Gasteiger partial charge in [-0.15, -0.1) is 10.2 Å². The lowest BCUT2D eigenvalue weighted by Gasteiger charge is -2.12. The van der Waals surface area contributed by atoms with E-state index in [2.05, 4.69) is 30.1 Å². The van der Waals surface area contributed by atoms with Crippen molar-refractivity contribution >= 4 is 10.2 Å². The Morgan fingerprint density at radius 2 is 2.06 bits per heavy atom. The van der Waals surface area contributed by atoms with Gasteiger partial charge in [-0.3, -0.25) is 0 Å². The first-order valence-corrected chi connectivity index (χ1v) is 6.39. The number of hydrogen-bond donors (Lipinski definition) is 3. The van der Waals surface area contributed by atoms with Crippen LogP contribution in [0.15, 0.2) is 0 Å². The first-order chi connectivity index (χ1) is 7.41. The fraction of sp³-hybridized carbons (Fsp3) is 0.857. The Labute approximate surface area is 94.4 Å². The van der Waals surface area contributed by atoms with Gasteiger partial charge in [0.2, 0.25) is 0 Å². The van der Waals surface area contributed by atoms with E-state index in [0.29, 0.717) is 12.4 Å². The third kappa shape index (κ3) is 4.21. The predicted octanol–water partition coefficient (Wildman–Crippen LogP) is -0.659. The number of tetrazole rings is 1. The van der Waals surface area contributed by atoms with E-state index in [4.69, 9.17) is 0 Å². The molecule has 9 heteroatoms. The molecule has 0 aromatic carbocycles. The highest BCUT2D eigenvalue weighted by Crippen LogP contribution is 2.04. The van der Waals surface area contributed by atoms with E-state index in [9.17, 15) is 8.42 Å². The minimum Gasteiger partial charge on any atom is -0.202 e. The monoisotopic (exact) mass is 248 g/mol. The van der Waals surface area contributed by atoms with Crippen LogP contribution in [-0.2, 0) is 10.2 Å². The number of aromatic nitrogens is 4. The molecule has 0 bridgehead atoms. The zero-order valence-corrected chi connectivity index (χ0v) is 10.2. The highest BCUT2D eigenvalue weighted by molar-refractivity contribution is 7.87. The standard InChI is InChI=1S/C7H16N6O2S/c1-5(2)4-8-16(14,15)11-6(3)7-9-12-13-10-7/h5-6,8,11H,4H2,1-3H3,(H,9,10,12,13). The molecule has 0 spiro atoms. The van der Waals surface area contributed by atoms with Crippen molar-refractivity contribution in [2.75, 3.05) is 6.54 Å². The lowest BCUT2D eigenvalue weighted by molar-refractivity contribution is 0.531. The topological polar surface area (TPSA) is 113 Å². The fourth-order valence-electron chi connectivity index (χ4n) is 0.956. The van der Waals surface area contributed by atoms with Crippen molar-refractivity contribution in [3.63, 3.8) is 0 Å². The first kappa shape index (κ1) is 13.0. The molecular formula is C7H16N6O2S. The Balaban J connectivity index is 2.53. The second kappa shape index (κ2) is 5.32. The molecule has 1 heterocycles. The summed E-state index contributed by atoms with van der Waals surface area (Å²) in [5, 5.41) is 13.0. The largest absolute Gasteiger partial charge is 0.277 e. The normalized spacial score (nSPS) is 14.2. The van der Waals surface area contributed by atoms with Gasteiger partial charge in [0.15, 0.2) is 5.82 Å². The zero-order chi connectivity index (χ0) is 12.2. The molecule has 1 rings (SSSR count). The van der Waals surface area contributed by atoms with Crippen LogP contribution in [0.4, 0.5) is 0 Å². The summed E-state index contributed by atoms with van der Waals surface area (Å²) < 4.78 is 27.9. The summed E-state index contributed by atoms with van der Waals surface area (Å²) in [6, 6.07) is -0.525. The van der Waals surface area contributed by atoms with Gasteiger partial charge in [-0.1, -0.05) is 19.1 Å². The molecule has 0 aliphatic rings. The third-order valence-corrected chi connectivity index (χ3v) is 2.97. The summed E-state index contributed by atoms with van der Waals surface area (Å²) in [4.78, 5) is 0. The maximum atomic E-state index is 11.5. The molecule has 1 aromatic heterocycles. The third-order valence-electron chi connectivity index (χ3n) is 1.76. The Kier molecular flexibility index (Phi) is 4.33. The van der Waals surface area contributed by atoms with Crippen molar-refractivity contribution in [1.82, 2.24) is 30.1 Å². The van der Waals surface area contributed by atoms with Crippen LogP contribution >= 0.6 is 0 Å². The van der Waals surface area contributed by atoms with Crippen LogP contribution in [0, 0.1) is 5.92 Å². The van der Waals surface area contributed by atoms with Crippen LogP contribution in [-0.4, -0.2) is 35.6 Å². The molecule has 1 unspecified atom stereocenters. The van der Waals surface area contributed by atoms with E-state index < -0.39 is 16.3 Å². The van der Waals surface area contributed by atoms with E-state index in [1.54, 1.807) is 6.92 Å². The van der Waals surface area contributed by atoms with Gasteiger partial charge < -0.3 is 0 Å². The van der Waals surface area contributed by atoms with Crippen molar-refractivity contribution in [3.05, 3.63) is 5.82 Å². The Hall–Kier alpha value is -1.06. The molecule has 3 N–H and O–H groups in total. The lowest BCUT2D eigenvalue weighted by atomic mass is 10.2. The Morgan fingerprint density at radius 1 is 1.38 bits per heavy atom. The second-order valence-corrected chi connectivity index (χ2v) is 5.39. The predicted molar refractivity (Wildman–Crippen MR) is 57.5 cm³/mol. The van der Waals surface area contributed by atoms with Crippen LogP contribution in [0.3, 0.4) is 0 Å². The molecule has 92 valence electrons. The highest BCUT2D eigenvalue weighted by Gasteiger charge is 2.18. The van der Waals surface area contributed by atoms with E-state index in [1.165, 1.54) is 0 Å². The highest BCUT2D eigenvalue weighted by atomic mass is 32.2. The number of nitrogens with zero attached hydrogens (tertiary/aromatic N) is 3. The molecule has 0 amide bonds. The summed E-state index contributed by atoms with van der Waals surface area (Å²) in [7, 11) is -3.52. The van der Waals surface area contributed by atoms with E-state index in [-0.39, 0.29) is 5.92 Å². The zero-order valence-electron chi connectivity index (χ0n) is 9.43. The maximum absolute atomic E-state index is 11.5. The van der Waals surface area contributed by atoms with Crippen molar-refractivity contribution in [3.8, 4) is 0 Å². The van der Waals surface area contributed by atoms with Crippen molar-refractivity contribution in [2.24, 2.45) is 5.92 Å². The number of rotatable bonds is 6. The lowest BCUT2D eigenvalue weighted by Crippen LogP contribution is -2.39. The SMILES string of the molecule is CC(C)CNS(=O)(=O)NC(C)c1nn[nH]n1. The summed E-state index contributed by atoms with van der Waals surface area (Å²) in [5.74, 6) is 0.548. The van der Waals surface area contributed by atoms with Crippen LogP contribution in [0.1, 0.15) is 32.6 Å². The Morgan fingerprint density at radius 3 is 2.56 bits per heavy atom. The molecular weight excluding hydrogens is 232 g/mol. The van der Waals surface area contributed by atoms with Gasteiger partial charge >= 0.3 is 0 Å². The molecule has 1 aromatic rings. The Bertz CT molecular complexity index is 401. The van der Waals surface area contributed by atoms with Gasteiger partial charge in [0.05, 0.1) is 6.04 Å². The van der Waals surface area contributed by atoms with Gasteiger partial charge in [-0.25, -0.2) is 4.72 Å². The van der Waals surface area contributed by atoms with Gasteiger partial charge in [0, 0.05) is 6.54 Å². The molecule has 0 saturated carbocycles. The van der Waals surface area contributed by atoms with Gasteiger partial charge in [0.1, 0.15) is 0 Å². The summed E-state index contributed by atoms with van der Waals surface area (Å²) in [5.41, 5.74) is 0. The van der Waals surface area contributed by atoms with Crippen LogP contribution in [0.2, 0.25) is 0 Å². The summed E-state index contributed by atoms with van der Waals surface area (Å²) in [6.45, 7) is 5.87. The van der Waals surface area contributed by atoms with Gasteiger partial charge in [0.25, 0.3) is 10.2 Å². The van der Waals surface area contributed by atoms with Crippen molar-refractivity contribution in [2.45, 2.75) is 26.8 Å². The number of aromatic amines is 1. The number of H-pyrrole nitrogens is 1. The van der Waals surface area contributed by atoms with Crippen molar-refractivity contribution in [1.29, 1.82) is 0 Å². The summed E-state index contributed by atoms with van der Waals surface area (Å²) >= 11 is 0.